The van der Waals surface area contributed by atoms with Crippen molar-refractivity contribution in [2.24, 2.45) is 5.41 Å². The van der Waals surface area contributed by atoms with E-state index in [-0.39, 0.29) is 5.41 Å². The first kappa shape index (κ1) is 12.8. The molecule has 0 fully saturated rings. The predicted molar refractivity (Wildman–Crippen MR) is 72.1 cm³/mol. The molecule has 0 aliphatic heterocycles. The molecule has 1 aromatic carbocycles. The van der Waals surface area contributed by atoms with E-state index in [0.29, 0.717) is 18.4 Å². The van der Waals surface area contributed by atoms with Crippen molar-refractivity contribution < 1.29 is 0 Å². The lowest BCUT2D eigenvalue weighted by Gasteiger charge is -2.21. The van der Waals surface area contributed by atoms with Crippen molar-refractivity contribution in [3.8, 4) is 5.69 Å². The molecule has 0 aliphatic carbocycles. The molecule has 2 rings (SSSR count). The Bertz CT molecular complexity index is 494. The number of benzene rings is 1. The van der Waals surface area contributed by atoms with Crippen LogP contribution in [0.15, 0.2) is 30.3 Å². The van der Waals surface area contributed by atoms with Crippen molar-refractivity contribution in [1.29, 1.82) is 0 Å². The third-order valence-electron chi connectivity index (χ3n) is 2.56. The number of tetrazole rings is 1. The zero-order chi connectivity index (χ0) is 13.0. The number of anilines is 1. The molecule has 0 saturated carbocycles. The van der Waals surface area contributed by atoms with E-state index >= 15 is 0 Å². The van der Waals surface area contributed by atoms with E-state index in [9.17, 15) is 0 Å². The molecular weight excluding hydrogens is 250 g/mol. The van der Waals surface area contributed by atoms with Gasteiger partial charge in [-0.25, -0.2) is 0 Å². The van der Waals surface area contributed by atoms with Crippen LogP contribution in [0.3, 0.4) is 0 Å². The first-order valence-electron chi connectivity index (χ1n) is 5.76. The fourth-order valence-corrected chi connectivity index (χ4v) is 1.50. The van der Waals surface area contributed by atoms with Gasteiger partial charge < -0.3 is 5.32 Å². The highest BCUT2D eigenvalue weighted by molar-refractivity contribution is 6.18. The number of nitrogens with zero attached hydrogens (tertiary/aromatic N) is 4. The highest BCUT2D eigenvalue weighted by Crippen LogP contribution is 2.18. The molecule has 0 unspecified atom stereocenters. The molecule has 1 N–H and O–H groups in total. The fraction of sp³-hybridized carbons (Fsp3) is 0.417. The van der Waals surface area contributed by atoms with Gasteiger partial charge in [0.2, 0.25) is 5.95 Å². The zero-order valence-corrected chi connectivity index (χ0v) is 11.2. The van der Waals surface area contributed by atoms with Crippen molar-refractivity contribution in [2.75, 3.05) is 17.7 Å². The van der Waals surface area contributed by atoms with E-state index < -0.39 is 0 Å². The van der Waals surface area contributed by atoms with Gasteiger partial charge in [-0.15, -0.1) is 11.6 Å². The van der Waals surface area contributed by atoms with E-state index in [1.807, 2.05) is 30.3 Å². The maximum Gasteiger partial charge on any atom is 0.247 e. The van der Waals surface area contributed by atoms with E-state index in [0.717, 1.165) is 5.69 Å². The summed E-state index contributed by atoms with van der Waals surface area (Å²) in [6, 6.07) is 9.76. The number of halogens is 1. The van der Waals surface area contributed by atoms with Crippen LogP contribution in [-0.2, 0) is 0 Å². The number of alkyl halides is 1. The van der Waals surface area contributed by atoms with E-state index in [1.165, 1.54) is 0 Å². The van der Waals surface area contributed by atoms with Crippen LogP contribution in [0.5, 0.6) is 0 Å². The van der Waals surface area contributed by atoms with Gasteiger partial charge >= 0.3 is 0 Å². The van der Waals surface area contributed by atoms with Gasteiger partial charge in [-0.1, -0.05) is 37.1 Å². The van der Waals surface area contributed by atoms with E-state index in [4.69, 9.17) is 11.6 Å². The van der Waals surface area contributed by atoms with Gasteiger partial charge in [0.05, 0.1) is 5.69 Å². The second-order valence-corrected chi connectivity index (χ2v) is 5.17. The Balaban J connectivity index is 2.14. The summed E-state index contributed by atoms with van der Waals surface area (Å²) in [5.41, 5.74) is 0.920. The van der Waals surface area contributed by atoms with Crippen molar-refractivity contribution >= 4 is 17.5 Å². The number of aromatic nitrogens is 4. The zero-order valence-electron chi connectivity index (χ0n) is 10.5. The molecule has 6 heteroatoms. The average Bonchev–Trinajstić information content (AvgIpc) is 2.86. The minimum atomic E-state index is -0.00494. The van der Waals surface area contributed by atoms with Crippen LogP contribution in [0.25, 0.3) is 5.69 Å². The number of nitrogens with one attached hydrogen (secondary N) is 1. The van der Waals surface area contributed by atoms with Crippen LogP contribution in [0.1, 0.15) is 13.8 Å². The largest absolute Gasteiger partial charge is 0.352 e. The number of hydrogen-bond acceptors (Lipinski definition) is 4. The highest BCUT2D eigenvalue weighted by Gasteiger charge is 2.17. The van der Waals surface area contributed by atoms with Crippen LogP contribution in [0, 0.1) is 5.41 Å². The second-order valence-electron chi connectivity index (χ2n) is 4.90. The Morgan fingerprint density at radius 2 is 2.00 bits per heavy atom. The van der Waals surface area contributed by atoms with Gasteiger partial charge in [0.1, 0.15) is 0 Å². The predicted octanol–water partition coefficient (Wildman–Crippen LogP) is 2.34. The molecule has 0 bridgehead atoms. The second kappa shape index (κ2) is 5.35. The van der Waals surface area contributed by atoms with E-state index in [1.54, 1.807) is 4.68 Å². The molecule has 0 amide bonds. The lowest BCUT2D eigenvalue weighted by molar-refractivity contribution is 0.448. The molecule has 2 aromatic rings. The Labute approximate surface area is 111 Å². The molecule has 1 heterocycles. The standard InChI is InChI=1S/C12H16ClN5/c1-12(2,8-13)9-14-11-15-16-17-18(11)10-6-4-3-5-7-10/h3-7H,8-9H2,1-2H3,(H,14,15,17). The maximum absolute atomic E-state index is 5.89. The van der Waals surface area contributed by atoms with Crippen molar-refractivity contribution in [1.82, 2.24) is 20.2 Å². The van der Waals surface area contributed by atoms with Crippen molar-refractivity contribution in [3.05, 3.63) is 30.3 Å². The molecule has 96 valence electrons. The lowest BCUT2D eigenvalue weighted by atomic mass is 9.97. The summed E-state index contributed by atoms with van der Waals surface area (Å²) in [7, 11) is 0. The van der Waals surface area contributed by atoms with Crippen molar-refractivity contribution in [3.63, 3.8) is 0 Å². The van der Waals surface area contributed by atoms with E-state index in [2.05, 4.69) is 34.7 Å². The van der Waals surface area contributed by atoms with Crippen LogP contribution in [0.4, 0.5) is 5.95 Å². The monoisotopic (exact) mass is 265 g/mol. The average molecular weight is 266 g/mol. The SMILES string of the molecule is CC(C)(CCl)CNc1nnnn1-c1ccccc1. The van der Waals surface area contributed by atoms with Crippen LogP contribution in [-0.4, -0.2) is 32.6 Å². The quantitative estimate of drug-likeness (QED) is 0.843. The van der Waals surface area contributed by atoms with Gasteiger partial charge in [0.15, 0.2) is 0 Å². The molecular formula is C12H16ClN5. The van der Waals surface area contributed by atoms with Gasteiger partial charge in [0.25, 0.3) is 0 Å². The topological polar surface area (TPSA) is 55.6 Å². The summed E-state index contributed by atoms with van der Waals surface area (Å²) >= 11 is 5.89. The minimum absolute atomic E-state index is 0.00494. The summed E-state index contributed by atoms with van der Waals surface area (Å²) in [6.45, 7) is 4.89. The normalized spacial score (nSPS) is 11.5. The smallest absolute Gasteiger partial charge is 0.247 e. The Kier molecular flexibility index (Phi) is 3.81. The molecule has 5 nitrogen and oxygen atoms in total. The summed E-state index contributed by atoms with van der Waals surface area (Å²) in [4.78, 5) is 0. The maximum atomic E-state index is 5.89. The fourth-order valence-electron chi connectivity index (χ4n) is 1.41. The molecule has 0 atom stereocenters. The van der Waals surface area contributed by atoms with Crippen LogP contribution >= 0.6 is 11.6 Å². The third kappa shape index (κ3) is 2.98. The van der Waals surface area contributed by atoms with Crippen LogP contribution < -0.4 is 5.32 Å². The molecule has 0 radical (unpaired) electrons. The minimum Gasteiger partial charge on any atom is -0.352 e. The molecule has 0 aliphatic rings. The Hall–Kier alpha value is -1.62. The molecule has 0 spiro atoms. The van der Waals surface area contributed by atoms with Gasteiger partial charge in [-0.2, -0.15) is 4.68 Å². The number of para-hydroxylation sites is 1. The molecule has 18 heavy (non-hydrogen) atoms. The Morgan fingerprint density at radius 3 is 2.67 bits per heavy atom. The van der Waals surface area contributed by atoms with Gasteiger partial charge in [-0.3, -0.25) is 0 Å². The van der Waals surface area contributed by atoms with Gasteiger partial charge in [-0.05, 0) is 28.0 Å². The number of rotatable bonds is 5. The lowest BCUT2D eigenvalue weighted by Crippen LogP contribution is -2.25. The van der Waals surface area contributed by atoms with Crippen molar-refractivity contribution in [2.45, 2.75) is 13.8 Å². The summed E-state index contributed by atoms with van der Waals surface area (Å²) in [6.07, 6.45) is 0. The third-order valence-corrected chi connectivity index (χ3v) is 3.28. The molecule has 1 aromatic heterocycles. The Morgan fingerprint density at radius 1 is 1.28 bits per heavy atom. The molecule has 0 saturated heterocycles. The summed E-state index contributed by atoms with van der Waals surface area (Å²) < 4.78 is 1.67. The number of hydrogen-bond donors (Lipinski definition) is 1. The summed E-state index contributed by atoms with van der Waals surface area (Å²) in [5, 5.41) is 14.9. The highest BCUT2D eigenvalue weighted by atomic mass is 35.5. The van der Waals surface area contributed by atoms with Crippen LogP contribution in [0.2, 0.25) is 0 Å². The first-order chi connectivity index (χ1) is 8.62. The first-order valence-corrected chi connectivity index (χ1v) is 6.29. The van der Waals surface area contributed by atoms with Gasteiger partial charge in [0, 0.05) is 12.4 Å². The summed E-state index contributed by atoms with van der Waals surface area (Å²) in [5.74, 6) is 1.20.